The number of hydrogen-bond donors (Lipinski definition) is 1. The standard InChI is InChI=1S/C12H21NO/c1-12(2,3)11(14)13-10-7-8-4-5-9(10)6-8/h8-10H,4-7H2,1-3H3,(H,13,14)/t8-,9+,10-/m0/s1. The summed E-state index contributed by atoms with van der Waals surface area (Å²) < 4.78 is 0. The average Bonchev–Trinajstić information content (AvgIpc) is 2.62. The van der Waals surface area contributed by atoms with E-state index >= 15 is 0 Å². The Bertz CT molecular complexity index is 241. The zero-order valence-corrected chi connectivity index (χ0v) is 9.47. The van der Waals surface area contributed by atoms with E-state index in [0.717, 1.165) is 11.8 Å². The van der Waals surface area contributed by atoms with Gasteiger partial charge in [-0.05, 0) is 31.1 Å². The van der Waals surface area contributed by atoms with Gasteiger partial charge in [0.05, 0.1) is 0 Å². The predicted octanol–water partition coefficient (Wildman–Crippen LogP) is 2.34. The molecule has 2 heteroatoms. The molecule has 80 valence electrons. The summed E-state index contributed by atoms with van der Waals surface area (Å²) in [5.41, 5.74) is -0.234. The van der Waals surface area contributed by atoms with Crippen molar-refractivity contribution in [2.75, 3.05) is 0 Å². The SMILES string of the molecule is CC(C)(C)C(=O)N[C@H]1C[C@H]2CC[C@@H]1C2. The van der Waals surface area contributed by atoms with Gasteiger partial charge in [0, 0.05) is 11.5 Å². The highest BCUT2D eigenvalue weighted by Crippen LogP contribution is 2.44. The van der Waals surface area contributed by atoms with Crippen molar-refractivity contribution in [3.63, 3.8) is 0 Å². The fourth-order valence-electron chi connectivity index (χ4n) is 2.81. The quantitative estimate of drug-likeness (QED) is 0.683. The third kappa shape index (κ3) is 1.79. The Morgan fingerprint density at radius 2 is 1.93 bits per heavy atom. The minimum absolute atomic E-state index is 0.218. The molecule has 0 aromatic heterocycles. The number of hydrogen-bond acceptors (Lipinski definition) is 1. The summed E-state index contributed by atoms with van der Waals surface area (Å²) in [6.45, 7) is 5.95. The van der Waals surface area contributed by atoms with Crippen LogP contribution in [0, 0.1) is 17.3 Å². The fraction of sp³-hybridized carbons (Fsp3) is 0.917. The molecule has 0 heterocycles. The lowest BCUT2D eigenvalue weighted by molar-refractivity contribution is -0.129. The molecule has 2 aliphatic carbocycles. The maximum atomic E-state index is 11.8. The first kappa shape index (κ1) is 10.0. The molecule has 2 aliphatic rings. The molecule has 0 saturated heterocycles. The van der Waals surface area contributed by atoms with Gasteiger partial charge in [-0.2, -0.15) is 0 Å². The van der Waals surface area contributed by atoms with E-state index in [4.69, 9.17) is 0 Å². The van der Waals surface area contributed by atoms with Gasteiger partial charge in [-0.25, -0.2) is 0 Å². The van der Waals surface area contributed by atoms with Crippen molar-refractivity contribution in [3.05, 3.63) is 0 Å². The van der Waals surface area contributed by atoms with Crippen LogP contribution >= 0.6 is 0 Å². The molecular weight excluding hydrogens is 174 g/mol. The Morgan fingerprint density at radius 1 is 1.21 bits per heavy atom. The maximum Gasteiger partial charge on any atom is 0.225 e. The van der Waals surface area contributed by atoms with Gasteiger partial charge in [0.15, 0.2) is 0 Å². The molecule has 0 spiro atoms. The Morgan fingerprint density at radius 3 is 2.36 bits per heavy atom. The Kier molecular flexibility index (Phi) is 2.32. The van der Waals surface area contributed by atoms with Crippen LogP contribution in [0.3, 0.4) is 0 Å². The van der Waals surface area contributed by atoms with E-state index in [2.05, 4.69) is 5.32 Å². The van der Waals surface area contributed by atoms with E-state index in [1.165, 1.54) is 25.7 Å². The van der Waals surface area contributed by atoms with Crippen molar-refractivity contribution >= 4 is 5.91 Å². The lowest BCUT2D eigenvalue weighted by Gasteiger charge is -2.27. The second kappa shape index (κ2) is 3.25. The number of fused-ring (bicyclic) bond motifs is 2. The van der Waals surface area contributed by atoms with Crippen LogP contribution in [-0.4, -0.2) is 11.9 Å². The fourth-order valence-corrected chi connectivity index (χ4v) is 2.81. The molecule has 2 fully saturated rings. The summed E-state index contributed by atoms with van der Waals surface area (Å²) in [5.74, 6) is 1.91. The van der Waals surface area contributed by atoms with Gasteiger partial charge in [0.1, 0.15) is 0 Å². The van der Waals surface area contributed by atoms with E-state index in [1.54, 1.807) is 0 Å². The predicted molar refractivity (Wildman–Crippen MR) is 56.8 cm³/mol. The van der Waals surface area contributed by atoms with Crippen molar-refractivity contribution in [1.82, 2.24) is 5.32 Å². The number of amides is 1. The third-order valence-electron chi connectivity index (χ3n) is 3.74. The van der Waals surface area contributed by atoms with E-state index in [-0.39, 0.29) is 11.3 Å². The summed E-state index contributed by atoms with van der Waals surface area (Å²) in [5, 5.41) is 3.21. The number of rotatable bonds is 1. The second-order valence-corrected chi connectivity index (χ2v) is 6.00. The van der Waals surface area contributed by atoms with Gasteiger partial charge in [0.25, 0.3) is 0 Å². The smallest absolute Gasteiger partial charge is 0.225 e. The van der Waals surface area contributed by atoms with Crippen LogP contribution in [0.4, 0.5) is 0 Å². The maximum absolute atomic E-state index is 11.8. The second-order valence-electron chi connectivity index (χ2n) is 6.00. The van der Waals surface area contributed by atoms with Crippen LogP contribution in [0.1, 0.15) is 46.5 Å². The van der Waals surface area contributed by atoms with Gasteiger partial charge >= 0.3 is 0 Å². The molecule has 0 unspecified atom stereocenters. The zero-order valence-electron chi connectivity index (χ0n) is 9.47. The molecule has 2 bridgehead atoms. The summed E-state index contributed by atoms with van der Waals surface area (Å²) in [7, 11) is 0. The molecule has 14 heavy (non-hydrogen) atoms. The first-order valence-corrected chi connectivity index (χ1v) is 5.78. The number of nitrogens with one attached hydrogen (secondary N) is 1. The molecule has 3 atom stereocenters. The Labute approximate surface area is 86.5 Å². The monoisotopic (exact) mass is 195 g/mol. The summed E-state index contributed by atoms with van der Waals surface area (Å²) in [6, 6.07) is 0.487. The number of carbonyl (C=O) groups excluding carboxylic acids is 1. The first-order valence-electron chi connectivity index (χ1n) is 5.78. The largest absolute Gasteiger partial charge is 0.353 e. The van der Waals surface area contributed by atoms with Gasteiger partial charge in [-0.1, -0.05) is 27.2 Å². The molecular formula is C12H21NO. The zero-order chi connectivity index (χ0) is 10.3. The Hall–Kier alpha value is -0.530. The minimum Gasteiger partial charge on any atom is -0.353 e. The van der Waals surface area contributed by atoms with Crippen LogP contribution in [0.25, 0.3) is 0 Å². The highest BCUT2D eigenvalue weighted by atomic mass is 16.2. The normalized spacial score (nSPS) is 36.1. The van der Waals surface area contributed by atoms with E-state index in [0.29, 0.717) is 6.04 Å². The average molecular weight is 195 g/mol. The van der Waals surface area contributed by atoms with E-state index < -0.39 is 0 Å². The summed E-state index contributed by atoms with van der Waals surface area (Å²) in [4.78, 5) is 11.8. The van der Waals surface area contributed by atoms with Crippen molar-refractivity contribution in [3.8, 4) is 0 Å². The van der Waals surface area contributed by atoms with Crippen LogP contribution < -0.4 is 5.32 Å². The van der Waals surface area contributed by atoms with Gasteiger partial charge in [0.2, 0.25) is 5.91 Å². The van der Waals surface area contributed by atoms with Crippen LogP contribution in [-0.2, 0) is 4.79 Å². The molecule has 2 nitrogen and oxygen atoms in total. The molecule has 0 aromatic rings. The molecule has 0 aliphatic heterocycles. The molecule has 0 aromatic carbocycles. The van der Waals surface area contributed by atoms with Gasteiger partial charge in [-0.3, -0.25) is 4.79 Å². The van der Waals surface area contributed by atoms with E-state index in [1.807, 2.05) is 20.8 Å². The molecule has 0 radical (unpaired) electrons. The van der Waals surface area contributed by atoms with Crippen molar-refractivity contribution < 1.29 is 4.79 Å². The number of carbonyl (C=O) groups is 1. The van der Waals surface area contributed by atoms with Crippen LogP contribution in [0.2, 0.25) is 0 Å². The molecule has 2 rings (SSSR count). The lowest BCUT2D eigenvalue weighted by Crippen LogP contribution is -2.44. The molecule has 1 amide bonds. The van der Waals surface area contributed by atoms with E-state index in [9.17, 15) is 4.79 Å². The van der Waals surface area contributed by atoms with Gasteiger partial charge in [-0.15, -0.1) is 0 Å². The summed E-state index contributed by atoms with van der Waals surface area (Å²) >= 11 is 0. The lowest BCUT2D eigenvalue weighted by atomic mass is 9.91. The third-order valence-corrected chi connectivity index (χ3v) is 3.74. The van der Waals surface area contributed by atoms with Crippen LogP contribution in [0.15, 0.2) is 0 Å². The molecule has 2 saturated carbocycles. The Balaban J connectivity index is 1.90. The highest BCUT2D eigenvalue weighted by Gasteiger charge is 2.41. The minimum atomic E-state index is -0.234. The topological polar surface area (TPSA) is 29.1 Å². The highest BCUT2D eigenvalue weighted by molar-refractivity contribution is 5.81. The summed E-state index contributed by atoms with van der Waals surface area (Å²) in [6.07, 6.45) is 5.31. The van der Waals surface area contributed by atoms with Crippen LogP contribution in [0.5, 0.6) is 0 Å². The van der Waals surface area contributed by atoms with Crippen molar-refractivity contribution in [2.45, 2.75) is 52.5 Å². The first-order chi connectivity index (χ1) is 6.47. The van der Waals surface area contributed by atoms with Crippen molar-refractivity contribution in [2.24, 2.45) is 17.3 Å². The molecule has 1 N–H and O–H groups in total. The van der Waals surface area contributed by atoms with Crippen molar-refractivity contribution in [1.29, 1.82) is 0 Å². The van der Waals surface area contributed by atoms with Gasteiger partial charge < -0.3 is 5.32 Å².